The van der Waals surface area contributed by atoms with E-state index in [9.17, 15) is 0 Å². The zero-order chi connectivity index (χ0) is 9.35. The van der Waals surface area contributed by atoms with Crippen LogP contribution in [0.2, 0.25) is 0 Å². The quantitative estimate of drug-likeness (QED) is 0.615. The summed E-state index contributed by atoms with van der Waals surface area (Å²) in [6, 6.07) is 3.69. The van der Waals surface area contributed by atoms with Crippen LogP contribution in [0.25, 0.3) is 0 Å². The van der Waals surface area contributed by atoms with E-state index in [1.54, 1.807) is 6.07 Å². The van der Waals surface area contributed by atoms with E-state index in [0.29, 0.717) is 5.69 Å². The Morgan fingerprint density at radius 3 is 2.17 bits per heavy atom. The number of pyridine rings is 1. The first-order chi connectivity index (χ1) is 5.39. The second-order valence-electron chi connectivity index (χ2n) is 2.67. The normalized spacial score (nSPS) is 11.8. The molecule has 0 unspecified atom stereocenters. The highest BCUT2D eigenvalue weighted by Gasteiger charge is 2.24. The van der Waals surface area contributed by atoms with Gasteiger partial charge in [-0.2, -0.15) is 0 Å². The molecule has 4 heteroatoms. The van der Waals surface area contributed by atoms with Crippen molar-refractivity contribution in [1.82, 2.24) is 4.98 Å². The topological polar surface area (TPSA) is 12.9 Å². The van der Waals surface area contributed by atoms with Crippen LogP contribution < -0.4 is 0 Å². The molecule has 0 radical (unpaired) electrons. The van der Waals surface area contributed by atoms with Crippen LogP contribution in [0.15, 0.2) is 12.1 Å². The summed E-state index contributed by atoms with van der Waals surface area (Å²) in [4.78, 5) is 4.11. The lowest BCUT2D eigenvalue weighted by Crippen LogP contribution is -2.04. The van der Waals surface area contributed by atoms with Gasteiger partial charge in [-0.3, -0.25) is 4.98 Å². The zero-order valence-electron chi connectivity index (χ0n) is 6.74. The van der Waals surface area contributed by atoms with Crippen molar-refractivity contribution in [3.05, 3.63) is 29.1 Å². The van der Waals surface area contributed by atoms with Crippen LogP contribution in [-0.4, -0.2) is 4.98 Å². The molecule has 0 aromatic carbocycles. The van der Waals surface area contributed by atoms with Crippen molar-refractivity contribution in [2.75, 3.05) is 0 Å². The Bertz CT molecular complexity index is 271. The highest BCUT2D eigenvalue weighted by atomic mass is 35.6. The maximum absolute atomic E-state index is 5.67. The smallest absolute Gasteiger partial charge is 0.232 e. The molecule has 0 N–H and O–H groups in total. The molecule has 1 heterocycles. The predicted octanol–water partition coefficient (Wildman–Crippen LogP) is 3.53. The van der Waals surface area contributed by atoms with Crippen LogP contribution >= 0.6 is 34.8 Å². The number of hydrogen-bond acceptors (Lipinski definition) is 1. The SMILES string of the molecule is Cc1cc(C)nc(C(Cl)(Cl)Cl)c1. The molecule has 1 nitrogen and oxygen atoms in total. The minimum Gasteiger partial charge on any atom is -0.254 e. The Kier molecular flexibility index (Phi) is 2.87. The van der Waals surface area contributed by atoms with Gasteiger partial charge in [-0.25, -0.2) is 0 Å². The molecule has 0 saturated carbocycles. The van der Waals surface area contributed by atoms with Gasteiger partial charge < -0.3 is 0 Å². The van der Waals surface area contributed by atoms with Crippen LogP contribution in [-0.2, 0) is 3.79 Å². The van der Waals surface area contributed by atoms with E-state index < -0.39 is 3.79 Å². The molecule has 0 amide bonds. The van der Waals surface area contributed by atoms with Crippen molar-refractivity contribution in [3.8, 4) is 0 Å². The third-order valence-corrected chi connectivity index (χ3v) is 1.97. The van der Waals surface area contributed by atoms with E-state index in [4.69, 9.17) is 34.8 Å². The molecule has 0 saturated heterocycles. The summed E-state index contributed by atoms with van der Waals surface area (Å²) in [5, 5.41) is 0. The van der Waals surface area contributed by atoms with Crippen molar-refractivity contribution in [1.29, 1.82) is 0 Å². The predicted molar refractivity (Wildman–Crippen MR) is 52.9 cm³/mol. The van der Waals surface area contributed by atoms with Gasteiger partial charge in [-0.05, 0) is 31.5 Å². The molecule has 1 aromatic rings. The number of hydrogen-bond donors (Lipinski definition) is 0. The van der Waals surface area contributed by atoms with E-state index in [1.165, 1.54) is 0 Å². The molecule has 0 spiro atoms. The summed E-state index contributed by atoms with van der Waals surface area (Å²) in [7, 11) is 0. The van der Waals surface area contributed by atoms with Crippen molar-refractivity contribution in [3.63, 3.8) is 0 Å². The third-order valence-electron chi connectivity index (χ3n) is 1.39. The van der Waals surface area contributed by atoms with Gasteiger partial charge in [-0.15, -0.1) is 0 Å². The van der Waals surface area contributed by atoms with E-state index in [0.717, 1.165) is 11.3 Å². The lowest BCUT2D eigenvalue weighted by Gasteiger charge is -2.11. The Balaban J connectivity index is 3.18. The van der Waals surface area contributed by atoms with Crippen molar-refractivity contribution in [2.45, 2.75) is 17.6 Å². The van der Waals surface area contributed by atoms with E-state index >= 15 is 0 Å². The fraction of sp³-hybridized carbons (Fsp3) is 0.375. The van der Waals surface area contributed by atoms with Crippen LogP contribution in [0.5, 0.6) is 0 Å². The third kappa shape index (κ3) is 2.51. The maximum atomic E-state index is 5.67. The molecule has 0 aliphatic heterocycles. The molecule has 0 aliphatic rings. The van der Waals surface area contributed by atoms with Crippen molar-refractivity contribution < 1.29 is 0 Å². The number of aromatic nitrogens is 1. The lowest BCUT2D eigenvalue weighted by molar-refractivity contribution is 1.03. The van der Waals surface area contributed by atoms with E-state index in [-0.39, 0.29) is 0 Å². The summed E-state index contributed by atoms with van der Waals surface area (Å²) in [5.74, 6) is 0. The molecule has 0 atom stereocenters. The number of nitrogens with zero attached hydrogens (tertiary/aromatic N) is 1. The van der Waals surface area contributed by atoms with Gasteiger partial charge in [0.05, 0.1) is 5.69 Å². The molecular formula is C8H8Cl3N. The summed E-state index contributed by atoms with van der Waals surface area (Å²) in [6.07, 6.45) is 0. The molecule has 1 rings (SSSR count). The average molecular weight is 225 g/mol. The number of halogens is 3. The van der Waals surface area contributed by atoms with Crippen LogP contribution in [0.4, 0.5) is 0 Å². The number of alkyl halides is 3. The first-order valence-corrected chi connectivity index (χ1v) is 4.55. The Morgan fingerprint density at radius 2 is 1.75 bits per heavy atom. The largest absolute Gasteiger partial charge is 0.254 e. The van der Waals surface area contributed by atoms with Gasteiger partial charge >= 0.3 is 0 Å². The Morgan fingerprint density at radius 1 is 1.17 bits per heavy atom. The number of aryl methyl sites for hydroxylation is 2. The zero-order valence-corrected chi connectivity index (χ0v) is 9.00. The summed E-state index contributed by atoms with van der Waals surface area (Å²) in [6.45, 7) is 3.81. The van der Waals surface area contributed by atoms with Crippen LogP contribution in [0, 0.1) is 13.8 Å². The second kappa shape index (κ2) is 3.41. The molecule has 0 bridgehead atoms. The molecule has 1 aromatic heterocycles. The molecule has 0 aliphatic carbocycles. The summed E-state index contributed by atoms with van der Waals surface area (Å²) in [5.41, 5.74) is 2.38. The van der Waals surface area contributed by atoms with Gasteiger partial charge in [0.25, 0.3) is 0 Å². The molecular weight excluding hydrogens is 216 g/mol. The minimum atomic E-state index is -1.42. The minimum absolute atomic E-state index is 0.477. The Hall–Kier alpha value is 0.0200. The van der Waals surface area contributed by atoms with Crippen molar-refractivity contribution >= 4 is 34.8 Å². The highest BCUT2D eigenvalue weighted by molar-refractivity contribution is 6.66. The van der Waals surface area contributed by atoms with Gasteiger partial charge in [0, 0.05) is 5.69 Å². The number of rotatable bonds is 0. The van der Waals surface area contributed by atoms with Gasteiger partial charge in [0.1, 0.15) is 0 Å². The molecule has 66 valence electrons. The highest BCUT2D eigenvalue weighted by Crippen LogP contribution is 2.37. The van der Waals surface area contributed by atoms with Gasteiger partial charge in [0.15, 0.2) is 0 Å². The van der Waals surface area contributed by atoms with Crippen LogP contribution in [0.1, 0.15) is 17.0 Å². The summed E-state index contributed by atoms with van der Waals surface area (Å²) < 4.78 is -1.42. The lowest BCUT2D eigenvalue weighted by atomic mass is 10.2. The van der Waals surface area contributed by atoms with E-state index in [1.807, 2.05) is 19.9 Å². The van der Waals surface area contributed by atoms with E-state index in [2.05, 4.69) is 4.98 Å². The van der Waals surface area contributed by atoms with Crippen molar-refractivity contribution in [2.24, 2.45) is 0 Å². The standard InChI is InChI=1S/C8H8Cl3N/c1-5-3-6(2)12-7(4-5)8(9,10)11/h3-4H,1-2H3. The molecule has 0 fully saturated rings. The van der Waals surface area contributed by atoms with Gasteiger partial charge in [-0.1, -0.05) is 34.8 Å². The fourth-order valence-electron chi connectivity index (χ4n) is 0.987. The first kappa shape index (κ1) is 10.1. The molecule has 12 heavy (non-hydrogen) atoms. The van der Waals surface area contributed by atoms with Crippen LogP contribution in [0.3, 0.4) is 0 Å². The first-order valence-electron chi connectivity index (χ1n) is 3.42. The fourth-order valence-corrected chi connectivity index (χ4v) is 1.28. The van der Waals surface area contributed by atoms with Gasteiger partial charge in [0.2, 0.25) is 3.79 Å². The maximum Gasteiger partial charge on any atom is 0.232 e. The monoisotopic (exact) mass is 223 g/mol. The summed E-state index contributed by atoms with van der Waals surface area (Å²) >= 11 is 17.0. The second-order valence-corrected chi connectivity index (χ2v) is 4.95. The Labute approximate surface area is 86.7 Å². The average Bonchev–Trinajstić information content (AvgIpc) is 1.82.